The largest absolute Gasteiger partial charge is 0.478 e. The number of anilines is 1. The highest BCUT2D eigenvalue weighted by atomic mass is 28.4. The van der Waals surface area contributed by atoms with E-state index in [1.165, 1.54) is 0 Å². The first-order chi connectivity index (χ1) is 14.1. The number of nitrogens with two attached hydrogens (primary N) is 1. The van der Waals surface area contributed by atoms with Crippen LogP contribution < -0.4 is 5.73 Å². The zero-order valence-electron chi connectivity index (χ0n) is 18.7. The van der Waals surface area contributed by atoms with E-state index in [9.17, 15) is 14.3 Å². The van der Waals surface area contributed by atoms with Crippen LogP contribution in [0.5, 0.6) is 0 Å². The fourth-order valence-electron chi connectivity index (χ4n) is 2.66. The SMILES string of the molecule is [2H]C1([2H])[C@H](n2cnc3c(N)nc(F)nc32)O[C@](C#C)(C(=O)O)[C@H]1O[Si](C)(C)C(C)(C)C. The number of halogens is 1. The molecule has 0 saturated carbocycles. The van der Waals surface area contributed by atoms with Crippen LogP contribution in [-0.4, -0.2) is 50.6 Å². The van der Waals surface area contributed by atoms with Crippen molar-refractivity contribution in [3.8, 4) is 12.3 Å². The standard InChI is InChI=1S/C18H24FN5O4Si/c1-7-18(15(25)26)10(28-29(5,6)17(2,3)4)8-11(27-18)24-9-21-12-13(20)22-16(19)23-14(12)24/h1,9-11H,8H2,2-6H3,(H,25,26)(H2,20,22,23)/t10-,11+,18-/m0/s1/i8D2. The molecule has 1 aliphatic heterocycles. The number of terminal acetylenes is 1. The molecule has 9 nitrogen and oxygen atoms in total. The maximum Gasteiger partial charge on any atom is 0.351 e. The van der Waals surface area contributed by atoms with Gasteiger partial charge in [0.05, 0.1) is 6.33 Å². The first-order valence-electron chi connectivity index (χ1n) is 9.81. The van der Waals surface area contributed by atoms with Crippen molar-refractivity contribution in [1.29, 1.82) is 0 Å². The molecule has 29 heavy (non-hydrogen) atoms. The van der Waals surface area contributed by atoms with Crippen LogP contribution in [0.3, 0.4) is 0 Å². The fraction of sp³-hybridized carbons (Fsp3) is 0.556. The maximum absolute atomic E-state index is 13.8. The Morgan fingerprint density at radius 2 is 2.24 bits per heavy atom. The second-order valence-corrected chi connectivity index (χ2v) is 13.0. The average molecular weight is 424 g/mol. The van der Waals surface area contributed by atoms with E-state index in [4.69, 9.17) is 24.1 Å². The Labute approximate surface area is 171 Å². The second-order valence-electron chi connectivity index (χ2n) is 8.28. The number of nitrogen functional groups attached to an aromatic ring is 1. The molecule has 0 unspecified atom stereocenters. The van der Waals surface area contributed by atoms with E-state index in [-0.39, 0.29) is 22.0 Å². The summed E-state index contributed by atoms with van der Waals surface area (Å²) < 4.78 is 44.2. The number of hydrogen-bond donors (Lipinski definition) is 2. The summed E-state index contributed by atoms with van der Waals surface area (Å²) in [5, 5.41) is 9.59. The summed E-state index contributed by atoms with van der Waals surface area (Å²) in [7, 11) is -2.71. The lowest BCUT2D eigenvalue weighted by molar-refractivity contribution is -0.165. The molecule has 1 saturated heterocycles. The van der Waals surface area contributed by atoms with E-state index in [1.54, 1.807) is 0 Å². The number of carboxylic acid groups (broad SMARTS) is 1. The van der Waals surface area contributed by atoms with Gasteiger partial charge in [-0.25, -0.2) is 9.78 Å². The molecule has 3 heterocycles. The third-order valence-corrected chi connectivity index (χ3v) is 9.82. The van der Waals surface area contributed by atoms with E-state index in [0.717, 1.165) is 10.9 Å². The number of hydrogen-bond acceptors (Lipinski definition) is 7. The molecule has 0 spiro atoms. The van der Waals surface area contributed by atoms with E-state index < -0.39 is 44.7 Å². The molecule has 3 N–H and O–H groups in total. The summed E-state index contributed by atoms with van der Waals surface area (Å²) in [6.45, 7) is 9.45. The minimum absolute atomic E-state index is 0.0104. The van der Waals surface area contributed by atoms with Crippen LogP contribution >= 0.6 is 0 Å². The van der Waals surface area contributed by atoms with E-state index in [0.29, 0.717) is 0 Å². The Bertz CT molecular complexity index is 1100. The Hall–Kier alpha value is -2.55. The highest BCUT2D eigenvalue weighted by molar-refractivity contribution is 6.74. The van der Waals surface area contributed by atoms with Gasteiger partial charge in [0, 0.05) is 9.11 Å². The molecule has 2 aromatic rings. The van der Waals surface area contributed by atoms with Crippen molar-refractivity contribution in [2.75, 3.05) is 5.73 Å². The fourth-order valence-corrected chi connectivity index (χ4v) is 3.84. The third-order valence-electron chi connectivity index (χ3n) is 5.39. The van der Waals surface area contributed by atoms with Gasteiger partial charge in [-0.15, -0.1) is 6.42 Å². The van der Waals surface area contributed by atoms with Gasteiger partial charge in [-0.1, -0.05) is 26.7 Å². The minimum atomic E-state index is -2.71. The Balaban J connectivity index is 2.20. The molecule has 3 atom stereocenters. The zero-order chi connectivity index (χ0) is 23.6. The van der Waals surface area contributed by atoms with Crippen LogP contribution in [0.1, 0.15) is 36.1 Å². The van der Waals surface area contributed by atoms with Crippen molar-refractivity contribution in [3.63, 3.8) is 0 Å². The lowest BCUT2D eigenvalue weighted by atomic mass is 9.98. The summed E-state index contributed by atoms with van der Waals surface area (Å²) in [5.41, 5.74) is 3.09. The van der Waals surface area contributed by atoms with Gasteiger partial charge in [-0.2, -0.15) is 14.4 Å². The molecular formula is C18H24FN5O4Si. The van der Waals surface area contributed by atoms with Gasteiger partial charge in [-0.05, 0) is 18.1 Å². The molecule has 2 aromatic heterocycles. The van der Waals surface area contributed by atoms with Crippen LogP contribution in [0.25, 0.3) is 11.2 Å². The van der Waals surface area contributed by atoms with Crippen molar-refractivity contribution >= 4 is 31.3 Å². The molecule has 0 radical (unpaired) electrons. The zero-order valence-corrected chi connectivity index (χ0v) is 17.7. The molecule has 156 valence electrons. The molecule has 1 aliphatic rings. The number of fused-ring (bicyclic) bond motifs is 1. The summed E-state index contributed by atoms with van der Waals surface area (Å²) in [6, 6.07) is 0. The Kier molecular flexibility index (Phi) is 4.30. The first kappa shape index (κ1) is 18.5. The van der Waals surface area contributed by atoms with Gasteiger partial charge in [0.15, 0.2) is 25.3 Å². The number of ether oxygens (including phenoxy) is 1. The number of aliphatic carboxylic acids is 1. The summed E-state index contributed by atoms with van der Waals surface area (Å²) >= 11 is 0. The normalized spacial score (nSPS) is 28.0. The van der Waals surface area contributed by atoms with Gasteiger partial charge in [0.2, 0.25) is 0 Å². The predicted molar refractivity (Wildman–Crippen MR) is 106 cm³/mol. The number of rotatable bonds is 4. The molecule has 11 heteroatoms. The van der Waals surface area contributed by atoms with Crippen molar-refractivity contribution in [3.05, 3.63) is 12.4 Å². The third kappa shape index (κ3) is 3.37. The van der Waals surface area contributed by atoms with Crippen LogP contribution in [-0.2, 0) is 14.0 Å². The van der Waals surface area contributed by atoms with Crippen LogP contribution in [0.15, 0.2) is 6.33 Å². The minimum Gasteiger partial charge on any atom is -0.478 e. The maximum atomic E-state index is 13.8. The summed E-state index contributed by atoms with van der Waals surface area (Å²) in [4.78, 5) is 23.3. The van der Waals surface area contributed by atoms with Crippen LogP contribution in [0.4, 0.5) is 10.2 Å². The number of aromatic nitrogens is 4. The van der Waals surface area contributed by atoms with E-state index in [1.807, 2.05) is 33.9 Å². The highest BCUT2D eigenvalue weighted by Crippen LogP contribution is 2.45. The molecule has 0 aliphatic carbocycles. The molecular weight excluding hydrogens is 397 g/mol. The van der Waals surface area contributed by atoms with Crippen LogP contribution in [0, 0.1) is 18.4 Å². The Morgan fingerprint density at radius 1 is 1.59 bits per heavy atom. The molecule has 0 aromatic carbocycles. The van der Waals surface area contributed by atoms with Crippen molar-refractivity contribution in [2.24, 2.45) is 0 Å². The Morgan fingerprint density at radius 3 is 2.79 bits per heavy atom. The number of imidazole rings is 1. The topological polar surface area (TPSA) is 125 Å². The lowest BCUT2D eigenvalue weighted by Crippen LogP contribution is -2.53. The molecule has 1 fully saturated rings. The van der Waals surface area contributed by atoms with Gasteiger partial charge in [0.25, 0.3) is 5.60 Å². The highest BCUT2D eigenvalue weighted by Gasteiger charge is 2.58. The monoisotopic (exact) mass is 423 g/mol. The van der Waals surface area contributed by atoms with Crippen molar-refractivity contribution in [2.45, 2.75) is 63.2 Å². The number of carbonyl (C=O) groups is 1. The van der Waals surface area contributed by atoms with Crippen molar-refractivity contribution < 1.29 is 26.2 Å². The molecule has 3 rings (SSSR count). The van der Waals surface area contributed by atoms with E-state index in [2.05, 4.69) is 20.9 Å². The van der Waals surface area contributed by atoms with Gasteiger partial charge in [-0.3, -0.25) is 4.57 Å². The summed E-state index contributed by atoms with van der Waals surface area (Å²) in [5.74, 6) is 0.261. The van der Waals surface area contributed by atoms with Gasteiger partial charge in [0.1, 0.15) is 12.3 Å². The summed E-state index contributed by atoms with van der Waals surface area (Å²) in [6.07, 6.45) is -0.207. The lowest BCUT2D eigenvalue weighted by Gasteiger charge is -2.40. The van der Waals surface area contributed by atoms with Crippen molar-refractivity contribution in [1.82, 2.24) is 19.5 Å². The quantitative estimate of drug-likeness (QED) is 0.436. The van der Waals surface area contributed by atoms with E-state index >= 15 is 0 Å². The van der Waals surface area contributed by atoms with Crippen LogP contribution in [0.2, 0.25) is 18.1 Å². The first-order valence-corrected chi connectivity index (χ1v) is 11.7. The smallest absolute Gasteiger partial charge is 0.351 e. The predicted octanol–water partition coefficient (Wildman–Crippen LogP) is 2.31. The van der Waals surface area contributed by atoms with Gasteiger partial charge >= 0.3 is 12.0 Å². The van der Waals surface area contributed by atoms with Gasteiger partial charge < -0.3 is 20.0 Å². The average Bonchev–Trinajstić information content (AvgIpc) is 3.12. The molecule has 0 amide bonds. The second kappa shape index (κ2) is 6.76. The molecule has 0 bridgehead atoms. The number of nitrogens with zero attached hydrogens (tertiary/aromatic N) is 4. The number of carboxylic acids is 1.